The van der Waals surface area contributed by atoms with E-state index in [0.29, 0.717) is 44.8 Å². The van der Waals surface area contributed by atoms with Crippen LogP contribution in [0.2, 0.25) is 5.02 Å². The molecule has 3 aromatic carbocycles. The van der Waals surface area contributed by atoms with Crippen molar-refractivity contribution >= 4 is 57.6 Å². The molecule has 0 aliphatic rings. The Morgan fingerprint density at radius 2 is 1.91 bits per heavy atom. The van der Waals surface area contributed by atoms with Gasteiger partial charge in [-0.2, -0.15) is 0 Å². The third kappa shape index (κ3) is 5.50. The minimum atomic E-state index is -0.252. The molecule has 6 nitrogen and oxygen atoms in total. The highest BCUT2D eigenvalue weighted by Crippen LogP contribution is 2.24. The molecule has 172 valence electrons. The molecule has 1 aromatic heterocycles. The molecular formula is C26H23ClN4O2S. The van der Waals surface area contributed by atoms with E-state index in [1.807, 2.05) is 43.3 Å². The van der Waals surface area contributed by atoms with Crippen LogP contribution in [-0.2, 0) is 17.1 Å². The van der Waals surface area contributed by atoms with E-state index < -0.39 is 0 Å². The smallest absolute Gasteiger partial charge is 0.262 e. The lowest BCUT2D eigenvalue weighted by Gasteiger charge is -2.11. The molecule has 34 heavy (non-hydrogen) atoms. The molecule has 1 amide bonds. The molecule has 0 aliphatic carbocycles. The third-order valence-electron chi connectivity index (χ3n) is 5.19. The first kappa shape index (κ1) is 23.6. The van der Waals surface area contributed by atoms with Gasteiger partial charge in [0.2, 0.25) is 5.91 Å². The largest absolute Gasteiger partial charge is 0.397 e. The highest BCUT2D eigenvalue weighted by Gasteiger charge is 2.11. The number of nitrogens with two attached hydrogens (primary N) is 1. The quantitative estimate of drug-likeness (QED) is 0.152. The Balaban J connectivity index is 1.43. The molecule has 0 aliphatic heterocycles. The van der Waals surface area contributed by atoms with Crippen molar-refractivity contribution in [2.24, 2.45) is 0 Å². The first-order chi connectivity index (χ1) is 16.4. The summed E-state index contributed by atoms with van der Waals surface area (Å²) in [5, 5.41) is 4.53. The van der Waals surface area contributed by atoms with Gasteiger partial charge >= 0.3 is 0 Å². The molecule has 0 atom stereocenters. The van der Waals surface area contributed by atoms with E-state index in [0.717, 1.165) is 11.1 Å². The Hall–Kier alpha value is -3.55. The maximum atomic E-state index is 12.8. The van der Waals surface area contributed by atoms with Crippen molar-refractivity contribution in [3.63, 3.8) is 0 Å². The number of hydrogen-bond donors (Lipinski definition) is 2. The van der Waals surface area contributed by atoms with Gasteiger partial charge in [0, 0.05) is 23.4 Å². The van der Waals surface area contributed by atoms with E-state index in [1.54, 1.807) is 41.0 Å². The second-order valence-electron chi connectivity index (χ2n) is 7.55. The second kappa shape index (κ2) is 10.6. The van der Waals surface area contributed by atoms with Gasteiger partial charge in [-0.3, -0.25) is 14.2 Å². The lowest BCUT2D eigenvalue weighted by Crippen LogP contribution is -2.22. The number of nitrogens with zero attached hydrogens (tertiary/aromatic N) is 2. The fourth-order valence-electron chi connectivity index (χ4n) is 3.39. The molecule has 1 heterocycles. The predicted molar refractivity (Wildman–Crippen MR) is 141 cm³/mol. The number of nitrogen functional groups attached to an aromatic ring is 1. The zero-order valence-electron chi connectivity index (χ0n) is 18.5. The van der Waals surface area contributed by atoms with Crippen LogP contribution in [0.4, 0.5) is 11.4 Å². The number of benzene rings is 3. The van der Waals surface area contributed by atoms with Crippen LogP contribution in [-0.4, -0.2) is 15.5 Å². The highest BCUT2D eigenvalue weighted by atomic mass is 35.5. The van der Waals surface area contributed by atoms with Crippen LogP contribution in [0.25, 0.3) is 17.0 Å². The summed E-state index contributed by atoms with van der Waals surface area (Å²) in [6.07, 6.45) is 3.22. The fraction of sp³-hybridized carbons (Fsp3) is 0.115. The van der Waals surface area contributed by atoms with Gasteiger partial charge < -0.3 is 11.1 Å². The maximum absolute atomic E-state index is 12.8. The number of thioether (sulfide) groups is 1. The Bertz CT molecular complexity index is 1430. The van der Waals surface area contributed by atoms with Crippen molar-refractivity contribution in [2.45, 2.75) is 24.4 Å². The first-order valence-electron chi connectivity index (χ1n) is 10.7. The van der Waals surface area contributed by atoms with Crippen molar-refractivity contribution in [3.05, 3.63) is 99.3 Å². The monoisotopic (exact) mass is 490 g/mol. The van der Waals surface area contributed by atoms with Crippen molar-refractivity contribution < 1.29 is 4.79 Å². The van der Waals surface area contributed by atoms with E-state index in [4.69, 9.17) is 17.3 Å². The molecular weight excluding hydrogens is 468 g/mol. The van der Waals surface area contributed by atoms with Gasteiger partial charge in [-0.05, 0) is 54.5 Å². The summed E-state index contributed by atoms with van der Waals surface area (Å²) >= 11 is 7.59. The fourth-order valence-corrected chi connectivity index (χ4v) is 4.58. The van der Waals surface area contributed by atoms with Crippen LogP contribution in [0, 0.1) is 0 Å². The Morgan fingerprint density at radius 1 is 1.15 bits per heavy atom. The van der Waals surface area contributed by atoms with E-state index in [2.05, 4.69) is 10.3 Å². The van der Waals surface area contributed by atoms with Gasteiger partial charge in [0.1, 0.15) is 0 Å². The van der Waals surface area contributed by atoms with Crippen LogP contribution in [0.1, 0.15) is 18.1 Å². The topological polar surface area (TPSA) is 90.0 Å². The molecule has 0 saturated heterocycles. The molecule has 0 spiro atoms. The summed E-state index contributed by atoms with van der Waals surface area (Å²) in [7, 11) is 0. The van der Waals surface area contributed by atoms with E-state index in [9.17, 15) is 9.59 Å². The summed E-state index contributed by atoms with van der Waals surface area (Å²) in [6, 6.07) is 20.1. The molecule has 0 unspecified atom stereocenters. The summed E-state index contributed by atoms with van der Waals surface area (Å²) in [5.74, 6) is 0.397. The van der Waals surface area contributed by atoms with Gasteiger partial charge in [0.15, 0.2) is 5.16 Å². The van der Waals surface area contributed by atoms with E-state index >= 15 is 0 Å². The van der Waals surface area contributed by atoms with Crippen LogP contribution in [0.3, 0.4) is 0 Å². The normalized spacial score (nSPS) is 11.2. The number of amides is 1. The number of hydrogen-bond acceptors (Lipinski definition) is 5. The molecule has 8 heteroatoms. The number of carbonyl (C=O) groups excluding carboxylic acids is 1. The summed E-state index contributed by atoms with van der Waals surface area (Å²) in [6.45, 7) is 2.46. The van der Waals surface area contributed by atoms with Crippen molar-refractivity contribution in [1.29, 1.82) is 0 Å². The number of carbonyl (C=O) groups is 1. The Kier molecular flexibility index (Phi) is 7.35. The van der Waals surface area contributed by atoms with Crippen LogP contribution >= 0.6 is 23.4 Å². The minimum absolute atomic E-state index is 0.0670. The summed E-state index contributed by atoms with van der Waals surface area (Å²) in [5.41, 5.74) is 9.46. The molecule has 0 radical (unpaired) electrons. The molecule has 0 bridgehead atoms. The second-order valence-corrected chi connectivity index (χ2v) is 8.92. The summed E-state index contributed by atoms with van der Waals surface area (Å²) in [4.78, 5) is 29.7. The average molecular weight is 491 g/mol. The molecule has 0 fully saturated rings. The lowest BCUT2D eigenvalue weighted by atomic mass is 10.1. The summed E-state index contributed by atoms with van der Waals surface area (Å²) < 4.78 is 1.68. The number of fused-ring (bicyclic) bond motifs is 1. The maximum Gasteiger partial charge on any atom is 0.262 e. The van der Waals surface area contributed by atoms with Crippen molar-refractivity contribution in [3.8, 4) is 0 Å². The number of aromatic nitrogens is 2. The Morgan fingerprint density at radius 3 is 2.65 bits per heavy atom. The Labute approximate surface area is 206 Å². The van der Waals surface area contributed by atoms with Gasteiger partial charge in [-0.25, -0.2) is 4.98 Å². The SMILES string of the molecule is CCn1c(SCc2ccc(/C=C/C(=O)Nc3ccccc3N)cc2)nc2cc(Cl)ccc2c1=O. The first-order valence-corrected chi connectivity index (χ1v) is 12.1. The van der Waals surface area contributed by atoms with Crippen molar-refractivity contribution in [2.75, 3.05) is 11.1 Å². The highest BCUT2D eigenvalue weighted by molar-refractivity contribution is 7.98. The molecule has 0 saturated carbocycles. The van der Waals surface area contributed by atoms with E-state index in [-0.39, 0.29) is 11.5 Å². The number of halogens is 1. The van der Waals surface area contributed by atoms with Crippen molar-refractivity contribution in [1.82, 2.24) is 9.55 Å². The van der Waals surface area contributed by atoms with Gasteiger partial charge in [-0.15, -0.1) is 0 Å². The number of anilines is 2. The van der Waals surface area contributed by atoms with Gasteiger partial charge in [-0.1, -0.05) is 59.8 Å². The zero-order chi connectivity index (χ0) is 24.1. The molecule has 4 aromatic rings. The third-order valence-corrected chi connectivity index (χ3v) is 6.47. The molecule has 3 N–H and O–H groups in total. The molecule has 4 rings (SSSR count). The van der Waals surface area contributed by atoms with E-state index in [1.165, 1.54) is 17.8 Å². The average Bonchev–Trinajstić information content (AvgIpc) is 2.83. The van der Waals surface area contributed by atoms with Crippen LogP contribution < -0.4 is 16.6 Å². The number of rotatable bonds is 7. The van der Waals surface area contributed by atoms with Gasteiger partial charge in [0.25, 0.3) is 5.56 Å². The lowest BCUT2D eigenvalue weighted by molar-refractivity contribution is -0.111. The van der Waals surface area contributed by atoms with Crippen LogP contribution in [0.5, 0.6) is 0 Å². The zero-order valence-corrected chi connectivity index (χ0v) is 20.1. The number of para-hydroxylation sites is 2. The van der Waals surface area contributed by atoms with Crippen LogP contribution in [0.15, 0.2) is 82.8 Å². The minimum Gasteiger partial charge on any atom is -0.397 e. The predicted octanol–water partition coefficient (Wildman–Crippen LogP) is 5.60. The standard InChI is InChI=1S/C26H23ClN4O2S/c1-2-31-25(33)20-13-12-19(27)15-23(20)30-26(31)34-16-18-9-7-17(8-10-18)11-14-24(32)29-22-6-4-3-5-21(22)28/h3-15H,2,16,28H2,1H3,(H,29,32)/b14-11+. The number of nitrogens with one attached hydrogen (secondary N) is 1. The van der Waals surface area contributed by atoms with Gasteiger partial charge in [0.05, 0.1) is 22.3 Å².